The van der Waals surface area contributed by atoms with E-state index in [2.05, 4.69) is 0 Å². The van der Waals surface area contributed by atoms with Crippen LogP contribution >= 0.6 is 0 Å². The van der Waals surface area contributed by atoms with Crippen molar-refractivity contribution in [3.63, 3.8) is 0 Å². The third kappa shape index (κ3) is 4.13. The third-order valence-corrected chi connectivity index (χ3v) is 2.97. The number of rotatable bonds is 6. The second kappa shape index (κ2) is 5.98. The van der Waals surface area contributed by atoms with Gasteiger partial charge in [-0.05, 0) is 25.0 Å². The van der Waals surface area contributed by atoms with Crippen molar-refractivity contribution in [1.29, 1.82) is 0 Å². The zero-order chi connectivity index (χ0) is 13.8. The van der Waals surface area contributed by atoms with Gasteiger partial charge in [0.05, 0.1) is 13.0 Å². The predicted molar refractivity (Wildman–Crippen MR) is 70.4 cm³/mol. The van der Waals surface area contributed by atoms with Crippen LogP contribution < -0.4 is 5.73 Å². The van der Waals surface area contributed by atoms with E-state index in [1.807, 2.05) is 38.1 Å². The second-order valence-electron chi connectivity index (χ2n) is 5.15. The zero-order valence-corrected chi connectivity index (χ0v) is 11.1. The number of carboxylic acid groups (broad SMARTS) is 1. The van der Waals surface area contributed by atoms with Crippen LogP contribution in [0.4, 0.5) is 0 Å². The number of methoxy groups -OCH3 is 1. The van der Waals surface area contributed by atoms with Crippen molar-refractivity contribution in [1.82, 2.24) is 0 Å². The van der Waals surface area contributed by atoms with Crippen molar-refractivity contribution in [2.24, 2.45) is 5.73 Å². The van der Waals surface area contributed by atoms with Crippen LogP contribution in [0.1, 0.15) is 37.3 Å². The molecule has 0 bridgehead atoms. The number of hydrogen-bond donors (Lipinski definition) is 2. The van der Waals surface area contributed by atoms with E-state index < -0.39 is 11.5 Å². The quantitative estimate of drug-likeness (QED) is 0.812. The smallest absolute Gasteiger partial charge is 0.304 e. The lowest BCUT2D eigenvalue weighted by atomic mass is 9.80. The Morgan fingerprint density at radius 1 is 1.39 bits per heavy atom. The molecular formula is C14H21NO3. The molecule has 0 fully saturated rings. The summed E-state index contributed by atoms with van der Waals surface area (Å²) < 4.78 is 5.04. The van der Waals surface area contributed by atoms with Gasteiger partial charge in [-0.2, -0.15) is 0 Å². The average Bonchev–Trinajstić information content (AvgIpc) is 2.26. The van der Waals surface area contributed by atoms with E-state index in [1.165, 1.54) is 0 Å². The van der Waals surface area contributed by atoms with Gasteiger partial charge >= 0.3 is 5.97 Å². The molecule has 0 aliphatic heterocycles. The number of benzene rings is 1. The molecule has 4 nitrogen and oxygen atoms in total. The molecule has 0 aliphatic carbocycles. The summed E-state index contributed by atoms with van der Waals surface area (Å²) in [5.41, 5.74) is 7.51. The van der Waals surface area contributed by atoms with Crippen LogP contribution in [0.15, 0.2) is 24.3 Å². The lowest BCUT2D eigenvalue weighted by molar-refractivity contribution is -0.137. The normalized spacial score (nSPS) is 13.3. The number of hydrogen-bond acceptors (Lipinski definition) is 3. The van der Waals surface area contributed by atoms with Gasteiger partial charge in [0, 0.05) is 18.6 Å². The minimum absolute atomic E-state index is 0.0348. The van der Waals surface area contributed by atoms with E-state index >= 15 is 0 Å². The van der Waals surface area contributed by atoms with Gasteiger partial charge in [-0.3, -0.25) is 4.79 Å². The Morgan fingerprint density at radius 2 is 1.94 bits per heavy atom. The molecule has 18 heavy (non-hydrogen) atoms. The van der Waals surface area contributed by atoms with Crippen LogP contribution in [0.2, 0.25) is 0 Å². The summed E-state index contributed by atoms with van der Waals surface area (Å²) in [6, 6.07) is 7.74. The van der Waals surface area contributed by atoms with E-state index in [-0.39, 0.29) is 12.3 Å². The molecule has 0 amide bonds. The molecule has 4 heteroatoms. The topological polar surface area (TPSA) is 72.5 Å². The molecule has 0 heterocycles. The summed E-state index contributed by atoms with van der Waals surface area (Å²) in [6.45, 7) is 4.25. The Bertz CT molecular complexity index is 392. The summed E-state index contributed by atoms with van der Waals surface area (Å²) in [5.74, 6) is -1.04. The first-order valence-corrected chi connectivity index (χ1v) is 5.93. The van der Waals surface area contributed by atoms with Crippen LogP contribution in [-0.2, 0) is 16.1 Å². The Labute approximate surface area is 108 Å². The molecule has 100 valence electrons. The van der Waals surface area contributed by atoms with Crippen LogP contribution in [0.5, 0.6) is 0 Å². The minimum Gasteiger partial charge on any atom is -0.481 e. The van der Waals surface area contributed by atoms with Crippen molar-refractivity contribution in [3.8, 4) is 0 Å². The maximum absolute atomic E-state index is 10.9. The van der Waals surface area contributed by atoms with Crippen molar-refractivity contribution in [3.05, 3.63) is 35.4 Å². The molecule has 0 saturated heterocycles. The summed E-state index contributed by atoms with van der Waals surface area (Å²) in [6.07, 6.45) is 0.0348. The van der Waals surface area contributed by atoms with E-state index in [0.717, 1.165) is 11.1 Å². The lowest BCUT2D eigenvalue weighted by Crippen LogP contribution is -2.40. The summed E-state index contributed by atoms with van der Waals surface area (Å²) in [5, 5.41) is 8.97. The van der Waals surface area contributed by atoms with Crippen molar-refractivity contribution >= 4 is 5.97 Å². The summed E-state index contributed by atoms with van der Waals surface area (Å²) in [4.78, 5) is 10.9. The molecule has 0 aliphatic rings. The fourth-order valence-electron chi connectivity index (χ4n) is 2.00. The lowest BCUT2D eigenvalue weighted by Gasteiger charge is -2.30. The van der Waals surface area contributed by atoms with E-state index in [9.17, 15) is 4.79 Å². The number of nitrogens with two attached hydrogens (primary N) is 1. The van der Waals surface area contributed by atoms with Gasteiger partial charge in [-0.15, -0.1) is 0 Å². The minimum atomic E-state index is -0.834. The number of ether oxygens (including phenoxy) is 1. The Balaban J connectivity index is 2.95. The van der Waals surface area contributed by atoms with Crippen LogP contribution in [0, 0.1) is 0 Å². The first-order valence-electron chi connectivity index (χ1n) is 5.93. The van der Waals surface area contributed by atoms with Crippen LogP contribution in [-0.4, -0.2) is 23.7 Å². The van der Waals surface area contributed by atoms with Gasteiger partial charge < -0.3 is 15.6 Å². The molecule has 3 N–H and O–H groups in total. The molecule has 1 aromatic rings. The van der Waals surface area contributed by atoms with Crippen molar-refractivity contribution < 1.29 is 14.6 Å². The first kappa shape index (κ1) is 14.7. The molecule has 1 unspecified atom stereocenters. The highest BCUT2D eigenvalue weighted by atomic mass is 16.5. The summed E-state index contributed by atoms with van der Waals surface area (Å²) >= 11 is 0. The largest absolute Gasteiger partial charge is 0.481 e. The molecule has 1 rings (SSSR count). The third-order valence-electron chi connectivity index (χ3n) is 2.97. The number of carbonyl (C=O) groups is 1. The van der Waals surface area contributed by atoms with Gasteiger partial charge in [0.25, 0.3) is 0 Å². The van der Waals surface area contributed by atoms with E-state index in [1.54, 1.807) is 7.11 Å². The fourth-order valence-corrected chi connectivity index (χ4v) is 2.00. The average molecular weight is 251 g/mol. The highest BCUT2D eigenvalue weighted by Gasteiger charge is 2.28. The Morgan fingerprint density at radius 3 is 2.33 bits per heavy atom. The molecular weight excluding hydrogens is 230 g/mol. The van der Waals surface area contributed by atoms with E-state index in [4.69, 9.17) is 15.6 Å². The van der Waals surface area contributed by atoms with Crippen molar-refractivity contribution in [2.45, 2.75) is 38.3 Å². The van der Waals surface area contributed by atoms with Crippen LogP contribution in [0.25, 0.3) is 0 Å². The highest BCUT2D eigenvalue weighted by molar-refractivity contribution is 5.68. The van der Waals surface area contributed by atoms with Gasteiger partial charge in [0.15, 0.2) is 0 Å². The standard InChI is InChI=1S/C14H21NO3/c1-14(2,15)12(8-13(16)17)11-6-4-10(5-7-11)9-18-3/h4-7,12H,8-9,15H2,1-3H3,(H,16,17). The maximum atomic E-state index is 10.9. The SMILES string of the molecule is COCc1ccc(C(CC(=O)O)C(C)(C)N)cc1. The maximum Gasteiger partial charge on any atom is 0.304 e. The van der Waals surface area contributed by atoms with Gasteiger partial charge in [-0.25, -0.2) is 0 Å². The second-order valence-corrected chi connectivity index (χ2v) is 5.15. The van der Waals surface area contributed by atoms with Crippen molar-refractivity contribution in [2.75, 3.05) is 7.11 Å². The molecule has 1 atom stereocenters. The molecule has 0 spiro atoms. The molecule has 0 aromatic heterocycles. The Hall–Kier alpha value is -1.39. The van der Waals surface area contributed by atoms with E-state index in [0.29, 0.717) is 6.61 Å². The molecule has 0 radical (unpaired) electrons. The van der Waals surface area contributed by atoms with Gasteiger partial charge in [-0.1, -0.05) is 24.3 Å². The number of carboxylic acids is 1. The predicted octanol–water partition coefficient (Wildman–Crippen LogP) is 2.13. The molecule has 0 saturated carbocycles. The van der Waals surface area contributed by atoms with Crippen LogP contribution in [0.3, 0.4) is 0 Å². The highest BCUT2D eigenvalue weighted by Crippen LogP contribution is 2.29. The number of aliphatic carboxylic acids is 1. The summed E-state index contributed by atoms with van der Waals surface area (Å²) in [7, 11) is 1.64. The fraction of sp³-hybridized carbons (Fsp3) is 0.500. The monoisotopic (exact) mass is 251 g/mol. The molecule has 1 aromatic carbocycles. The first-order chi connectivity index (χ1) is 8.34. The zero-order valence-electron chi connectivity index (χ0n) is 11.1. The van der Waals surface area contributed by atoms with Gasteiger partial charge in [0.1, 0.15) is 0 Å². The Kier molecular flexibility index (Phi) is 4.87. The van der Waals surface area contributed by atoms with Gasteiger partial charge in [0.2, 0.25) is 0 Å².